The fourth-order valence-electron chi connectivity index (χ4n) is 3.08. The summed E-state index contributed by atoms with van der Waals surface area (Å²) in [4.78, 5) is 25.3. The minimum absolute atomic E-state index is 0.166. The molecular formula is C16H19NO3. The first-order valence-electron chi connectivity index (χ1n) is 7.18. The predicted octanol–water partition coefficient (Wildman–Crippen LogP) is 1.94. The zero-order chi connectivity index (χ0) is 14.2. The van der Waals surface area contributed by atoms with Crippen LogP contribution in [-0.2, 0) is 16.0 Å². The number of likely N-dealkylation sites (tertiary alicyclic amines) is 1. The van der Waals surface area contributed by atoms with Gasteiger partial charge in [-0.1, -0.05) is 30.3 Å². The number of benzene rings is 1. The molecule has 4 nitrogen and oxygen atoms in total. The summed E-state index contributed by atoms with van der Waals surface area (Å²) in [6, 6.07) is 10.2. The van der Waals surface area contributed by atoms with Crippen LogP contribution in [0.3, 0.4) is 0 Å². The van der Waals surface area contributed by atoms with Crippen molar-refractivity contribution in [2.75, 3.05) is 13.1 Å². The van der Waals surface area contributed by atoms with Gasteiger partial charge in [-0.15, -0.1) is 0 Å². The van der Waals surface area contributed by atoms with Gasteiger partial charge in [0.2, 0.25) is 5.91 Å². The van der Waals surface area contributed by atoms with E-state index >= 15 is 0 Å². The maximum absolute atomic E-state index is 12.3. The molecule has 0 spiro atoms. The van der Waals surface area contributed by atoms with Crippen LogP contribution in [0.4, 0.5) is 0 Å². The molecule has 2 fully saturated rings. The smallest absolute Gasteiger partial charge is 0.319 e. The molecular weight excluding hydrogens is 254 g/mol. The Morgan fingerprint density at radius 2 is 1.95 bits per heavy atom. The van der Waals surface area contributed by atoms with Gasteiger partial charge >= 0.3 is 5.97 Å². The maximum atomic E-state index is 12.3. The molecule has 4 heteroatoms. The van der Waals surface area contributed by atoms with Crippen LogP contribution in [0.5, 0.6) is 0 Å². The molecule has 1 aliphatic heterocycles. The van der Waals surface area contributed by atoms with Crippen molar-refractivity contribution in [3.63, 3.8) is 0 Å². The van der Waals surface area contributed by atoms with Crippen LogP contribution in [-0.4, -0.2) is 35.0 Å². The van der Waals surface area contributed by atoms with Gasteiger partial charge in [-0.05, 0) is 37.2 Å². The number of carboxylic acids is 1. The van der Waals surface area contributed by atoms with Crippen molar-refractivity contribution in [3.8, 4) is 0 Å². The largest absolute Gasteiger partial charge is 0.480 e. The fourth-order valence-corrected chi connectivity index (χ4v) is 3.08. The van der Waals surface area contributed by atoms with E-state index in [1.54, 1.807) is 4.90 Å². The van der Waals surface area contributed by atoms with E-state index in [2.05, 4.69) is 12.1 Å². The quantitative estimate of drug-likeness (QED) is 0.853. The number of rotatable bonds is 4. The minimum atomic E-state index is -1.08. The van der Waals surface area contributed by atoms with Gasteiger partial charge in [0, 0.05) is 13.1 Å². The molecule has 1 saturated heterocycles. The van der Waals surface area contributed by atoms with Gasteiger partial charge in [0.15, 0.2) is 0 Å². The van der Waals surface area contributed by atoms with Crippen LogP contribution >= 0.6 is 0 Å². The molecule has 1 amide bonds. The van der Waals surface area contributed by atoms with Gasteiger partial charge in [0.05, 0.1) is 0 Å². The number of amides is 1. The molecule has 1 heterocycles. The lowest BCUT2D eigenvalue weighted by atomic mass is 9.99. The van der Waals surface area contributed by atoms with Crippen molar-refractivity contribution >= 4 is 11.9 Å². The fraction of sp³-hybridized carbons (Fsp3) is 0.500. The Labute approximate surface area is 118 Å². The van der Waals surface area contributed by atoms with Crippen molar-refractivity contribution in [2.24, 2.45) is 11.3 Å². The summed E-state index contributed by atoms with van der Waals surface area (Å²) in [6.45, 7) is 1.40. The second-order valence-electron chi connectivity index (χ2n) is 5.98. The molecule has 1 N–H and O–H groups in total. The van der Waals surface area contributed by atoms with Crippen LogP contribution < -0.4 is 0 Å². The lowest BCUT2D eigenvalue weighted by molar-refractivity contribution is -0.153. The summed E-state index contributed by atoms with van der Waals surface area (Å²) in [6.07, 6.45) is 2.93. The van der Waals surface area contributed by atoms with E-state index in [0.717, 1.165) is 12.8 Å². The van der Waals surface area contributed by atoms with Crippen LogP contribution in [0.15, 0.2) is 30.3 Å². The van der Waals surface area contributed by atoms with Crippen LogP contribution in [0.1, 0.15) is 24.8 Å². The predicted molar refractivity (Wildman–Crippen MR) is 74.1 cm³/mol. The number of carbonyl (C=O) groups is 2. The normalized spacial score (nSPS) is 23.6. The average molecular weight is 273 g/mol. The number of carboxylic acid groups (broad SMARTS) is 1. The van der Waals surface area contributed by atoms with Crippen molar-refractivity contribution in [1.82, 2.24) is 4.90 Å². The Morgan fingerprint density at radius 3 is 2.55 bits per heavy atom. The molecule has 1 atom stereocenters. The summed E-state index contributed by atoms with van der Waals surface area (Å²) in [7, 11) is 0. The molecule has 106 valence electrons. The second-order valence-corrected chi connectivity index (χ2v) is 5.98. The van der Waals surface area contributed by atoms with Crippen LogP contribution in [0.25, 0.3) is 0 Å². The monoisotopic (exact) mass is 273 g/mol. The molecule has 0 radical (unpaired) electrons. The summed E-state index contributed by atoms with van der Waals surface area (Å²) in [5, 5.41) is 9.19. The topological polar surface area (TPSA) is 57.6 Å². The van der Waals surface area contributed by atoms with Crippen molar-refractivity contribution in [1.29, 1.82) is 0 Å². The van der Waals surface area contributed by atoms with Gasteiger partial charge in [0.1, 0.15) is 5.41 Å². The number of carbonyl (C=O) groups excluding carboxylic acids is 1. The molecule has 2 aliphatic rings. The summed E-state index contributed by atoms with van der Waals surface area (Å²) < 4.78 is 0. The number of hydrogen-bond donors (Lipinski definition) is 1. The van der Waals surface area contributed by atoms with E-state index in [-0.39, 0.29) is 5.91 Å². The van der Waals surface area contributed by atoms with Gasteiger partial charge in [0.25, 0.3) is 0 Å². The summed E-state index contributed by atoms with van der Waals surface area (Å²) in [5.41, 5.74) is 0.202. The van der Waals surface area contributed by atoms with Crippen molar-refractivity contribution in [3.05, 3.63) is 35.9 Å². The molecule has 1 aromatic carbocycles. The molecule has 20 heavy (non-hydrogen) atoms. The maximum Gasteiger partial charge on any atom is 0.319 e. The third-order valence-corrected chi connectivity index (χ3v) is 4.51. The Morgan fingerprint density at radius 1 is 1.25 bits per heavy atom. The second kappa shape index (κ2) is 4.93. The molecule has 1 saturated carbocycles. The lowest BCUT2D eigenvalue weighted by Crippen LogP contribution is -2.39. The van der Waals surface area contributed by atoms with Gasteiger partial charge in [-0.2, -0.15) is 0 Å². The Balaban J connectivity index is 1.60. The summed E-state index contributed by atoms with van der Waals surface area (Å²) in [5.74, 6) is -0.666. The minimum Gasteiger partial charge on any atom is -0.480 e. The van der Waals surface area contributed by atoms with E-state index in [1.165, 1.54) is 5.56 Å². The third-order valence-electron chi connectivity index (χ3n) is 4.51. The first-order valence-corrected chi connectivity index (χ1v) is 7.18. The number of aliphatic carboxylic acids is 1. The first kappa shape index (κ1) is 13.2. The molecule has 0 aromatic heterocycles. The molecule has 3 rings (SSSR count). The highest BCUT2D eigenvalue weighted by Crippen LogP contribution is 2.48. The van der Waals surface area contributed by atoms with Crippen molar-refractivity contribution in [2.45, 2.75) is 25.7 Å². The third kappa shape index (κ3) is 2.30. The highest BCUT2D eigenvalue weighted by molar-refractivity contribution is 6.04. The first-order chi connectivity index (χ1) is 9.62. The van der Waals surface area contributed by atoms with Crippen LogP contribution in [0, 0.1) is 11.3 Å². The van der Waals surface area contributed by atoms with E-state index in [9.17, 15) is 14.7 Å². The zero-order valence-corrected chi connectivity index (χ0v) is 11.4. The highest BCUT2D eigenvalue weighted by atomic mass is 16.4. The summed E-state index contributed by atoms with van der Waals surface area (Å²) >= 11 is 0. The Bertz CT molecular complexity index is 522. The van der Waals surface area contributed by atoms with Gasteiger partial charge in [-0.3, -0.25) is 9.59 Å². The van der Waals surface area contributed by atoms with E-state index in [4.69, 9.17) is 0 Å². The van der Waals surface area contributed by atoms with Crippen molar-refractivity contribution < 1.29 is 14.7 Å². The van der Waals surface area contributed by atoms with E-state index < -0.39 is 11.4 Å². The highest BCUT2D eigenvalue weighted by Gasteiger charge is 2.59. The SMILES string of the molecule is O=C(O)C1(C(=O)N2CC[C@@H](Cc3ccccc3)C2)CC1. The van der Waals surface area contributed by atoms with Gasteiger partial charge < -0.3 is 10.0 Å². The number of hydrogen-bond acceptors (Lipinski definition) is 2. The van der Waals surface area contributed by atoms with Gasteiger partial charge in [-0.25, -0.2) is 0 Å². The standard InChI is InChI=1S/C16H19NO3/c18-14(16(7-8-16)15(19)20)17-9-6-13(11-17)10-12-4-2-1-3-5-12/h1-5,13H,6-11H2,(H,19,20)/t13-/m0/s1. The molecule has 1 aliphatic carbocycles. The Kier molecular flexibility index (Phi) is 3.24. The molecule has 0 bridgehead atoms. The van der Waals surface area contributed by atoms with E-state index in [0.29, 0.717) is 31.8 Å². The molecule has 1 aromatic rings. The average Bonchev–Trinajstić information content (AvgIpc) is 3.14. The molecule has 0 unspecified atom stereocenters. The van der Waals surface area contributed by atoms with E-state index in [1.807, 2.05) is 18.2 Å². The zero-order valence-electron chi connectivity index (χ0n) is 11.4. The van der Waals surface area contributed by atoms with Crippen LogP contribution in [0.2, 0.25) is 0 Å². The lowest BCUT2D eigenvalue weighted by Gasteiger charge is -2.20. The Hall–Kier alpha value is -1.84. The number of nitrogens with zero attached hydrogens (tertiary/aromatic N) is 1.